The number of hydrogen-bond donors (Lipinski definition) is 1. The molecule has 1 aliphatic carbocycles. The minimum Gasteiger partial charge on any atom is -0.358 e. The third kappa shape index (κ3) is 1.30. The molecule has 1 N–H and O–H groups in total. The van der Waals surface area contributed by atoms with E-state index in [1.807, 2.05) is 0 Å². The van der Waals surface area contributed by atoms with Crippen molar-refractivity contribution in [1.82, 2.24) is 4.98 Å². The highest BCUT2D eigenvalue weighted by Crippen LogP contribution is 2.33. The van der Waals surface area contributed by atoms with Crippen LogP contribution in [0.4, 0.5) is 0 Å². The normalized spacial score (nSPS) is 20.5. The maximum absolute atomic E-state index is 3.58. The lowest BCUT2D eigenvalue weighted by atomic mass is 9.87. The van der Waals surface area contributed by atoms with Crippen LogP contribution in [0.5, 0.6) is 0 Å². The zero-order valence-corrected chi connectivity index (χ0v) is 9.43. The molecule has 1 atom stereocenters. The van der Waals surface area contributed by atoms with Gasteiger partial charge in [0.15, 0.2) is 0 Å². The maximum Gasteiger partial charge on any atom is 0.0461 e. The molecule has 2 aromatic rings. The number of fused-ring (bicyclic) bond motifs is 3. The maximum atomic E-state index is 3.58. The van der Waals surface area contributed by atoms with Gasteiger partial charge in [-0.25, -0.2) is 0 Å². The lowest BCUT2D eigenvalue weighted by Crippen LogP contribution is -2.10. The van der Waals surface area contributed by atoms with Crippen LogP contribution >= 0.6 is 0 Å². The Kier molecular flexibility index (Phi) is 1.88. The molecule has 1 aromatic heterocycles. The van der Waals surface area contributed by atoms with Crippen LogP contribution in [0.2, 0.25) is 0 Å². The summed E-state index contributed by atoms with van der Waals surface area (Å²) in [5.41, 5.74) is 5.81. The van der Waals surface area contributed by atoms with Crippen LogP contribution in [0, 0.1) is 12.8 Å². The minimum atomic E-state index is 0.844. The van der Waals surface area contributed by atoms with Gasteiger partial charge in [0, 0.05) is 16.6 Å². The van der Waals surface area contributed by atoms with Gasteiger partial charge < -0.3 is 4.98 Å². The van der Waals surface area contributed by atoms with Gasteiger partial charge in [-0.3, -0.25) is 0 Å². The van der Waals surface area contributed by atoms with Crippen LogP contribution in [0.1, 0.15) is 30.2 Å². The van der Waals surface area contributed by atoms with Gasteiger partial charge in [0.2, 0.25) is 0 Å². The third-order valence-corrected chi connectivity index (χ3v) is 3.66. The Labute approximate surface area is 90.5 Å². The SMILES string of the molecule is Cc1cccc2[nH]c3c(c12)CC(C)CC3. The Hall–Kier alpha value is -1.24. The van der Waals surface area contributed by atoms with E-state index in [0.717, 1.165) is 5.92 Å². The fraction of sp³-hybridized carbons (Fsp3) is 0.429. The first kappa shape index (κ1) is 9.02. The second-order valence-corrected chi connectivity index (χ2v) is 4.93. The summed E-state index contributed by atoms with van der Waals surface area (Å²) < 4.78 is 0. The summed E-state index contributed by atoms with van der Waals surface area (Å²) in [6, 6.07) is 6.56. The van der Waals surface area contributed by atoms with Gasteiger partial charge in [-0.1, -0.05) is 19.1 Å². The van der Waals surface area contributed by atoms with E-state index in [-0.39, 0.29) is 0 Å². The molecule has 0 amide bonds. The summed E-state index contributed by atoms with van der Waals surface area (Å²) in [7, 11) is 0. The van der Waals surface area contributed by atoms with E-state index >= 15 is 0 Å². The topological polar surface area (TPSA) is 15.8 Å². The van der Waals surface area contributed by atoms with Gasteiger partial charge in [0.05, 0.1) is 0 Å². The van der Waals surface area contributed by atoms with Crippen molar-refractivity contribution in [3.8, 4) is 0 Å². The number of nitrogens with one attached hydrogen (secondary N) is 1. The number of rotatable bonds is 0. The van der Waals surface area contributed by atoms with Crippen molar-refractivity contribution in [3.05, 3.63) is 35.0 Å². The zero-order valence-electron chi connectivity index (χ0n) is 9.43. The Morgan fingerprint density at radius 3 is 3.07 bits per heavy atom. The van der Waals surface area contributed by atoms with Crippen molar-refractivity contribution in [2.75, 3.05) is 0 Å². The number of aromatic nitrogens is 1. The van der Waals surface area contributed by atoms with Gasteiger partial charge in [-0.2, -0.15) is 0 Å². The fourth-order valence-electron chi connectivity index (χ4n) is 2.84. The predicted octanol–water partition coefficient (Wildman–Crippen LogP) is 3.60. The number of benzene rings is 1. The van der Waals surface area contributed by atoms with Gasteiger partial charge in [-0.15, -0.1) is 0 Å². The van der Waals surface area contributed by atoms with E-state index in [4.69, 9.17) is 0 Å². The molecule has 15 heavy (non-hydrogen) atoms. The number of hydrogen-bond acceptors (Lipinski definition) is 0. The van der Waals surface area contributed by atoms with E-state index in [0.29, 0.717) is 0 Å². The monoisotopic (exact) mass is 199 g/mol. The molecule has 1 heteroatoms. The fourth-order valence-corrected chi connectivity index (χ4v) is 2.84. The zero-order chi connectivity index (χ0) is 10.4. The first-order valence-corrected chi connectivity index (χ1v) is 5.84. The lowest BCUT2D eigenvalue weighted by Gasteiger charge is -2.18. The summed E-state index contributed by atoms with van der Waals surface area (Å²) in [5.74, 6) is 0.844. The van der Waals surface area contributed by atoms with Crippen LogP contribution in [-0.4, -0.2) is 4.98 Å². The minimum absolute atomic E-state index is 0.844. The van der Waals surface area contributed by atoms with Crippen LogP contribution < -0.4 is 0 Å². The lowest BCUT2D eigenvalue weighted by molar-refractivity contribution is 0.499. The summed E-state index contributed by atoms with van der Waals surface area (Å²) in [6.45, 7) is 4.58. The average Bonchev–Trinajstić information content (AvgIpc) is 2.57. The summed E-state index contributed by atoms with van der Waals surface area (Å²) in [5, 5.41) is 1.49. The smallest absolute Gasteiger partial charge is 0.0461 e. The third-order valence-electron chi connectivity index (χ3n) is 3.66. The van der Waals surface area contributed by atoms with Crippen molar-refractivity contribution in [1.29, 1.82) is 0 Å². The molecule has 0 spiro atoms. The molecule has 0 saturated heterocycles. The first-order valence-electron chi connectivity index (χ1n) is 5.84. The number of aryl methyl sites for hydroxylation is 2. The van der Waals surface area contributed by atoms with Gasteiger partial charge in [-0.05, 0) is 49.3 Å². The van der Waals surface area contributed by atoms with E-state index in [2.05, 4.69) is 37.0 Å². The molecular weight excluding hydrogens is 182 g/mol. The molecule has 1 unspecified atom stereocenters. The molecule has 0 aliphatic heterocycles. The van der Waals surface area contributed by atoms with Gasteiger partial charge in [0.25, 0.3) is 0 Å². The van der Waals surface area contributed by atoms with Crippen LogP contribution in [0.15, 0.2) is 18.2 Å². The predicted molar refractivity (Wildman–Crippen MR) is 64.2 cm³/mol. The van der Waals surface area contributed by atoms with Gasteiger partial charge >= 0.3 is 0 Å². The molecule has 0 radical (unpaired) electrons. The highest BCUT2D eigenvalue weighted by molar-refractivity contribution is 5.88. The molecule has 1 heterocycles. The molecule has 0 fully saturated rings. The summed E-state index contributed by atoms with van der Waals surface area (Å²) >= 11 is 0. The average molecular weight is 199 g/mol. The van der Waals surface area contributed by atoms with Crippen molar-refractivity contribution >= 4 is 10.9 Å². The number of aromatic amines is 1. The molecule has 1 aromatic carbocycles. The van der Waals surface area contributed by atoms with Crippen LogP contribution in [0.25, 0.3) is 10.9 Å². The first-order chi connectivity index (χ1) is 7.25. The van der Waals surface area contributed by atoms with E-state index in [1.54, 1.807) is 5.56 Å². The van der Waals surface area contributed by atoms with E-state index < -0.39 is 0 Å². The molecular formula is C14H17N. The highest BCUT2D eigenvalue weighted by Gasteiger charge is 2.20. The highest BCUT2D eigenvalue weighted by atomic mass is 14.7. The molecule has 0 saturated carbocycles. The number of H-pyrrole nitrogens is 1. The quantitative estimate of drug-likeness (QED) is 0.667. The molecule has 78 valence electrons. The van der Waals surface area contributed by atoms with Crippen molar-refractivity contribution in [2.24, 2.45) is 5.92 Å². The molecule has 1 aliphatic rings. The Morgan fingerprint density at radius 1 is 1.33 bits per heavy atom. The standard InChI is InChI=1S/C14H17N/c1-9-6-7-12-11(8-9)14-10(2)4-3-5-13(14)15-12/h3-5,9,15H,6-8H2,1-2H3. The van der Waals surface area contributed by atoms with Gasteiger partial charge in [0.1, 0.15) is 0 Å². The largest absolute Gasteiger partial charge is 0.358 e. The summed E-state index contributed by atoms with van der Waals surface area (Å²) in [6.07, 6.45) is 3.81. The summed E-state index contributed by atoms with van der Waals surface area (Å²) in [4.78, 5) is 3.58. The second-order valence-electron chi connectivity index (χ2n) is 4.93. The Morgan fingerprint density at radius 2 is 2.20 bits per heavy atom. The molecule has 0 bridgehead atoms. The molecule has 3 rings (SSSR count). The second kappa shape index (κ2) is 3.13. The van der Waals surface area contributed by atoms with E-state index in [9.17, 15) is 0 Å². The van der Waals surface area contributed by atoms with Crippen molar-refractivity contribution in [2.45, 2.75) is 33.1 Å². The van der Waals surface area contributed by atoms with Crippen molar-refractivity contribution < 1.29 is 0 Å². The molecule has 1 nitrogen and oxygen atoms in total. The van der Waals surface area contributed by atoms with Crippen LogP contribution in [0.3, 0.4) is 0 Å². The van der Waals surface area contributed by atoms with Crippen molar-refractivity contribution in [3.63, 3.8) is 0 Å². The van der Waals surface area contributed by atoms with Crippen LogP contribution in [-0.2, 0) is 12.8 Å². The Bertz CT molecular complexity index is 507. The Balaban J connectivity index is 2.30. The van der Waals surface area contributed by atoms with E-state index in [1.165, 1.54) is 41.4 Å².